The average Bonchev–Trinajstić information content (AvgIpc) is 3.09. The van der Waals surface area contributed by atoms with Crippen molar-refractivity contribution in [3.05, 3.63) is 46.5 Å². The second-order valence-electron chi connectivity index (χ2n) is 6.50. The number of benzene rings is 1. The van der Waals surface area contributed by atoms with Crippen molar-refractivity contribution in [3.8, 4) is 5.75 Å². The molecule has 28 heavy (non-hydrogen) atoms. The number of nitrogens with one attached hydrogen (secondary N) is 2. The van der Waals surface area contributed by atoms with Crippen molar-refractivity contribution < 1.29 is 14.5 Å². The van der Waals surface area contributed by atoms with Crippen LogP contribution in [-0.2, 0) is 11.8 Å². The molecule has 3 rings (SSSR count). The highest BCUT2D eigenvalue weighted by molar-refractivity contribution is 5.94. The van der Waals surface area contributed by atoms with Crippen molar-refractivity contribution in [2.45, 2.75) is 13.0 Å². The average molecular weight is 388 g/mol. The van der Waals surface area contributed by atoms with Crippen molar-refractivity contribution >= 4 is 17.3 Å². The molecule has 0 radical (unpaired) electrons. The fourth-order valence-corrected chi connectivity index (χ4v) is 3.29. The molecule has 2 aromatic rings. The van der Waals surface area contributed by atoms with Crippen molar-refractivity contribution in [3.63, 3.8) is 0 Å². The van der Waals surface area contributed by atoms with E-state index in [0.717, 1.165) is 12.4 Å². The number of hydrogen-bond donors (Lipinski definition) is 2. The lowest BCUT2D eigenvalue weighted by Gasteiger charge is -2.35. The maximum atomic E-state index is 12.6. The monoisotopic (exact) mass is 388 g/mol. The second kappa shape index (κ2) is 8.81. The third-order valence-corrected chi connectivity index (χ3v) is 4.61. The van der Waals surface area contributed by atoms with Crippen LogP contribution in [0.5, 0.6) is 5.75 Å². The van der Waals surface area contributed by atoms with E-state index < -0.39 is 4.92 Å². The van der Waals surface area contributed by atoms with E-state index in [1.54, 1.807) is 19.2 Å². The summed E-state index contributed by atoms with van der Waals surface area (Å²) in [7, 11) is 1.92. The highest BCUT2D eigenvalue weighted by Gasteiger charge is 2.28. The quantitative estimate of drug-likeness (QED) is 0.543. The molecule has 1 aliphatic heterocycles. The van der Waals surface area contributed by atoms with Crippen LogP contribution in [0.25, 0.3) is 0 Å². The molecule has 0 spiro atoms. The number of anilines is 1. The molecule has 1 amide bonds. The van der Waals surface area contributed by atoms with Crippen LogP contribution in [0.3, 0.4) is 0 Å². The predicted octanol–water partition coefficient (Wildman–Crippen LogP) is 1.31. The maximum Gasteiger partial charge on any atom is 0.296 e. The molecule has 10 heteroatoms. The van der Waals surface area contributed by atoms with E-state index in [0.29, 0.717) is 25.4 Å². The minimum absolute atomic E-state index is 0.0465. The minimum atomic E-state index is -0.528. The molecule has 2 heterocycles. The first-order valence-corrected chi connectivity index (χ1v) is 9.12. The predicted molar refractivity (Wildman–Crippen MR) is 103 cm³/mol. The number of hydrogen-bond acceptors (Lipinski definition) is 7. The first-order valence-electron chi connectivity index (χ1n) is 9.12. The summed E-state index contributed by atoms with van der Waals surface area (Å²) in [5.74, 6) is 0.949. The van der Waals surface area contributed by atoms with Crippen LogP contribution in [-0.4, -0.2) is 58.1 Å². The number of amides is 1. The molecule has 1 unspecified atom stereocenters. The summed E-state index contributed by atoms with van der Waals surface area (Å²) >= 11 is 0. The lowest BCUT2D eigenvalue weighted by atomic mass is 10.1. The van der Waals surface area contributed by atoms with E-state index in [1.807, 2.05) is 22.7 Å². The Morgan fingerprint density at radius 1 is 1.50 bits per heavy atom. The molecule has 0 saturated carbocycles. The van der Waals surface area contributed by atoms with Gasteiger partial charge >= 0.3 is 0 Å². The smallest absolute Gasteiger partial charge is 0.296 e. The van der Waals surface area contributed by atoms with Crippen molar-refractivity contribution in [2.24, 2.45) is 7.05 Å². The molecule has 0 bridgehead atoms. The first-order chi connectivity index (χ1) is 13.5. The van der Waals surface area contributed by atoms with Gasteiger partial charge in [-0.1, -0.05) is 0 Å². The van der Waals surface area contributed by atoms with Crippen molar-refractivity contribution in [1.82, 2.24) is 19.8 Å². The number of carbonyl (C=O) groups is 1. The van der Waals surface area contributed by atoms with E-state index >= 15 is 0 Å². The Morgan fingerprint density at radius 2 is 2.32 bits per heavy atom. The zero-order valence-electron chi connectivity index (χ0n) is 15.9. The third kappa shape index (κ3) is 4.46. The van der Waals surface area contributed by atoms with Crippen LogP contribution in [0.4, 0.5) is 11.4 Å². The number of imidazole rings is 1. The number of piperazine rings is 1. The van der Waals surface area contributed by atoms with E-state index in [1.165, 1.54) is 12.1 Å². The number of aromatic nitrogens is 2. The third-order valence-electron chi connectivity index (χ3n) is 4.61. The molecule has 1 fully saturated rings. The summed E-state index contributed by atoms with van der Waals surface area (Å²) < 4.78 is 7.23. The Morgan fingerprint density at radius 3 is 3.00 bits per heavy atom. The van der Waals surface area contributed by atoms with Crippen molar-refractivity contribution in [1.29, 1.82) is 0 Å². The van der Waals surface area contributed by atoms with Crippen LogP contribution < -0.4 is 15.4 Å². The number of rotatable bonds is 7. The van der Waals surface area contributed by atoms with Crippen LogP contribution in [0.2, 0.25) is 0 Å². The molecule has 0 aliphatic carbocycles. The van der Waals surface area contributed by atoms with Gasteiger partial charge in [-0.05, 0) is 19.1 Å². The Hall–Kier alpha value is -2.98. The van der Waals surface area contributed by atoms with Gasteiger partial charge in [0.2, 0.25) is 5.91 Å². The van der Waals surface area contributed by atoms with Gasteiger partial charge in [-0.2, -0.15) is 0 Å². The first kappa shape index (κ1) is 19.8. The lowest BCUT2D eigenvalue weighted by molar-refractivity contribution is -0.384. The number of nitrogens with zero attached hydrogens (tertiary/aromatic N) is 4. The SMILES string of the molecule is CCOc1ccc(NC(=O)CN2CCNCC2c2nccn2C)c([N+](=O)[O-])c1. The Balaban J connectivity index is 1.72. The molecule has 150 valence electrons. The van der Waals surface area contributed by atoms with Crippen LogP contribution in [0.15, 0.2) is 30.6 Å². The molecular formula is C18H24N6O4. The summed E-state index contributed by atoms with van der Waals surface area (Å²) in [6, 6.07) is 4.37. The van der Waals surface area contributed by atoms with E-state index in [4.69, 9.17) is 4.74 Å². The van der Waals surface area contributed by atoms with Gasteiger partial charge in [0.25, 0.3) is 5.69 Å². The summed E-state index contributed by atoms with van der Waals surface area (Å²) in [4.78, 5) is 29.9. The zero-order valence-corrected chi connectivity index (χ0v) is 15.9. The van der Waals surface area contributed by atoms with Crippen molar-refractivity contribution in [2.75, 3.05) is 38.1 Å². The zero-order chi connectivity index (χ0) is 20.1. The van der Waals surface area contributed by atoms with Crippen LogP contribution >= 0.6 is 0 Å². The second-order valence-corrected chi connectivity index (χ2v) is 6.50. The number of aryl methyl sites for hydroxylation is 1. The largest absolute Gasteiger partial charge is 0.494 e. The van der Waals surface area contributed by atoms with Gasteiger partial charge in [-0.15, -0.1) is 0 Å². The Bertz CT molecular complexity index is 852. The van der Waals surface area contributed by atoms with Gasteiger partial charge in [0.1, 0.15) is 17.3 Å². The highest BCUT2D eigenvalue weighted by atomic mass is 16.6. The van der Waals surface area contributed by atoms with E-state index in [-0.39, 0.29) is 29.9 Å². The molecule has 2 N–H and O–H groups in total. The van der Waals surface area contributed by atoms with Gasteiger partial charge < -0.3 is 19.9 Å². The van der Waals surface area contributed by atoms with Gasteiger partial charge in [-0.25, -0.2) is 4.98 Å². The topological polar surface area (TPSA) is 115 Å². The van der Waals surface area contributed by atoms with Gasteiger partial charge in [0.15, 0.2) is 0 Å². The van der Waals surface area contributed by atoms with Crippen LogP contribution in [0, 0.1) is 10.1 Å². The normalized spacial score (nSPS) is 17.3. The maximum absolute atomic E-state index is 12.6. The van der Waals surface area contributed by atoms with Crippen LogP contribution in [0.1, 0.15) is 18.8 Å². The molecule has 1 aromatic carbocycles. The summed E-state index contributed by atoms with van der Waals surface area (Å²) in [6.45, 7) is 4.44. The molecular weight excluding hydrogens is 364 g/mol. The summed E-state index contributed by atoms with van der Waals surface area (Å²) in [5, 5.41) is 17.3. The lowest BCUT2D eigenvalue weighted by Crippen LogP contribution is -2.49. The molecule has 10 nitrogen and oxygen atoms in total. The Kier molecular flexibility index (Phi) is 6.22. The van der Waals surface area contributed by atoms with Gasteiger partial charge in [0, 0.05) is 39.1 Å². The summed E-state index contributed by atoms with van der Waals surface area (Å²) in [5.41, 5.74) is -0.0395. The van der Waals surface area contributed by atoms with E-state index in [2.05, 4.69) is 15.6 Å². The highest BCUT2D eigenvalue weighted by Crippen LogP contribution is 2.29. The molecule has 1 aliphatic rings. The molecule has 1 saturated heterocycles. The number of nitro benzene ring substituents is 1. The number of nitro groups is 1. The standard InChI is InChI=1S/C18H24N6O4/c1-3-28-13-4-5-14(15(10-13)24(26)27)21-17(25)12-23-9-6-19-11-16(23)18-20-7-8-22(18)2/h4-5,7-8,10,16,19H,3,6,9,11-12H2,1-2H3,(H,21,25). The van der Waals surface area contributed by atoms with E-state index in [9.17, 15) is 14.9 Å². The van der Waals surface area contributed by atoms with Gasteiger partial charge in [-0.3, -0.25) is 19.8 Å². The summed E-state index contributed by atoms with van der Waals surface area (Å²) in [6.07, 6.45) is 3.59. The fraction of sp³-hybridized carbons (Fsp3) is 0.444. The minimum Gasteiger partial charge on any atom is -0.494 e. The number of ether oxygens (including phenoxy) is 1. The molecule has 1 atom stereocenters. The van der Waals surface area contributed by atoms with Gasteiger partial charge in [0.05, 0.1) is 30.2 Å². The molecule has 1 aromatic heterocycles. The Labute approximate surface area is 162 Å². The number of carbonyl (C=O) groups excluding carboxylic acids is 1. The fourth-order valence-electron chi connectivity index (χ4n) is 3.29.